The Kier molecular flexibility index (Phi) is 7.58. The van der Waals surface area contributed by atoms with E-state index in [9.17, 15) is 9.59 Å². The molecule has 0 atom stereocenters. The summed E-state index contributed by atoms with van der Waals surface area (Å²) in [5.74, 6) is 1.64. The zero-order valence-electron chi connectivity index (χ0n) is 17.5. The van der Waals surface area contributed by atoms with Gasteiger partial charge in [-0.25, -0.2) is 0 Å². The molecule has 0 spiro atoms. The minimum atomic E-state index is -0.0768. The van der Waals surface area contributed by atoms with Crippen LogP contribution in [0.4, 0.5) is 0 Å². The van der Waals surface area contributed by atoms with Gasteiger partial charge >= 0.3 is 0 Å². The molecule has 0 aliphatic heterocycles. The largest absolute Gasteiger partial charge is 0.494 e. The van der Waals surface area contributed by atoms with Gasteiger partial charge in [0.25, 0.3) is 11.1 Å². The molecule has 0 fully saturated rings. The summed E-state index contributed by atoms with van der Waals surface area (Å²) in [5.41, 5.74) is 1.81. The number of unbranched alkanes of at least 4 members (excludes halogenated alkanes) is 3. The molecule has 2 N–H and O–H groups in total. The first kappa shape index (κ1) is 22.1. The third kappa shape index (κ3) is 6.21. The molecule has 2 aromatic carbocycles. The fourth-order valence-corrected chi connectivity index (χ4v) is 4.63. The molecule has 0 aliphatic rings. The van der Waals surface area contributed by atoms with Crippen molar-refractivity contribution in [2.75, 3.05) is 13.2 Å². The third-order valence-electron chi connectivity index (χ3n) is 4.86. The van der Waals surface area contributed by atoms with Crippen molar-refractivity contribution in [3.63, 3.8) is 0 Å². The number of rotatable bonds is 11. The number of benzene rings is 2. The van der Waals surface area contributed by atoms with Crippen LogP contribution in [-0.2, 0) is 0 Å². The second kappa shape index (κ2) is 11.0. The summed E-state index contributed by atoms with van der Waals surface area (Å²) < 4.78 is 17.2. The lowest BCUT2D eigenvalue weighted by molar-refractivity contribution is 0.287. The Morgan fingerprint density at radius 1 is 0.625 bits per heavy atom. The van der Waals surface area contributed by atoms with Crippen molar-refractivity contribution in [2.24, 2.45) is 0 Å². The number of aromatic amines is 2. The molecule has 2 heterocycles. The molecule has 8 heteroatoms. The Bertz CT molecular complexity index is 1160. The summed E-state index contributed by atoms with van der Waals surface area (Å²) >= 11 is 2.66. The maximum Gasteiger partial charge on any atom is 0.258 e. The van der Waals surface area contributed by atoms with Crippen LogP contribution in [0.25, 0.3) is 20.9 Å². The van der Waals surface area contributed by atoms with Crippen LogP contribution in [0.3, 0.4) is 0 Å². The van der Waals surface area contributed by atoms with E-state index >= 15 is 0 Å². The summed E-state index contributed by atoms with van der Waals surface area (Å²) in [6.45, 7) is 1.32. The molecule has 4 aromatic rings. The van der Waals surface area contributed by atoms with Gasteiger partial charge in [0.1, 0.15) is 11.5 Å². The minimum Gasteiger partial charge on any atom is -0.494 e. The fourth-order valence-electron chi connectivity index (χ4n) is 3.27. The highest BCUT2D eigenvalue weighted by molar-refractivity contribution is 7.09. The molecule has 4 rings (SSSR count). The van der Waals surface area contributed by atoms with E-state index in [2.05, 4.69) is 8.75 Å². The number of nitrogens with one attached hydrogen (secondary N) is 2. The van der Waals surface area contributed by atoms with Gasteiger partial charge in [-0.1, -0.05) is 47.3 Å². The average molecular weight is 469 g/mol. The first-order valence-electron chi connectivity index (χ1n) is 10.5. The van der Waals surface area contributed by atoms with Gasteiger partial charge in [-0.2, -0.15) is 0 Å². The second-order valence-corrected chi connectivity index (χ2v) is 9.02. The topological polar surface area (TPSA) is 84.2 Å². The summed E-state index contributed by atoms with van der Waals surface area (Å²) in [6, 6.07) is 18.8. The number of H-pyrrole nitrogens is 2. The van der Waals surface area contributed by atoms with Gasteiger partial charge in [-0.3, -0.25) is 18.3 Å². The fraction of sp³-hybridized carbons (Fsp3) is 0.250. The lowest BCUT2D eigenvalue weighted by atomic mass is 10.2. The first-order valence-corrected chi connectivity index (χ1v) is 12.1. The highest BCUT2D eigenvalue weighted by Gasteiger charge is 2.05. The van der Waals surface area contributed by atoms with Crippen LogP contribution in [-0.4, -0.2) is 22.0 Å². The van der Waals surface area contributed by atoms with Crippen molar-refractivity contribution < 1.29 is 9.47 Å². The van der Waals surface area contributed by atoms with E-state index in [1.54, 1.807) is 12.1 Å². The van der Waals surface area contributed by atoms with Crippen LogP contribution in [0.1, 0.15) is 25.7 Å². The van der Waals surface area contributed by atoms with Gasteiger partial charge < -0.3 is 9.47 Å². The van der Waals surface area contributed by atoms with Crippen LogP contribution in [0.5, 0.6) is 11.5 Å². The van der Waals surface area contributed by atoms with Gasteiger partial charge in [-0.05, 0) is 61.1 Å². The van der Waals surface area contributed by atoms with Crippen molar-refractivity contribution in [2.45, 2.75) is 25.7 Å². The van der Waals surface area contributed by atoms with Gasteiger partial charge in [-0.15, -0.1) is 0 Å². The molecule has 0 radical (unpaired) electrons. The first-order chi connectivity index (χ1) is 15.7. The molecular formula is C24H24N2O4S2. The predicted molar refractivity (Wildman–Crippen MR) is 130 cm³/mol. The minimum absolute atomic E-state index is 0.0768. The van der Waals surface area contributed by atoms with Crippen LogP contribution in [0.15, 0.2) is 70.3 Å². The molecule has 0 aliphatic carbocycles. The summed E-state index contributed by atoms with van der Waals surface area (Å²) in [7, 11) is 0. The quantitative estimate of drug-likeness (QED) is 0.283. The maximum atomic E-state index is 11.3. The van der Waals surface area contributed by atoms with Crippen LogP contribution >= 0.6 is 23.1 Å². The van der Waals surface area contributed by atoms with Crippen molar-refractivity contribution >= 4 is 23.1 Å². The zero-order chi connectivity index (χ0) is 22.2. The molecule has 0 amide bonds. The van der Waals surface area contributed by atoms with Gasteiger partial charge in [0, 0.05) is 12.1 Å². The SMILES string of the molecule is O=c1cc(-c2cccc(OCCCCCCOc3cccc(-c4cc(=O)[nH]s4)c3)c2)s[nH]1. The van der Waals surface area contributed by atoms with Crippen molar-refractivity contribution in [1.82, 2.24) is 8.75 Å². The van der Waals surface area contributed by atoms with Gasteiger partial charge in [0.05, 0.1) is 23.0 Å². The normalized spacial score (nSPS) is 10.9. The molecule has 166 valence electrons. The van der Waals surface area contributed by atoms with Crippen LogP contribution in [0.2, 0.25) is 0 Å². The highest BCUT2D eigenvalue weighted by Crippen LogP contribution is 2.26. The number of ether oxygens (including phenoxy) is 2. The van der Waals surface area contributed by atoms with E-state index in [-0.39, 0.29) is 11.1 Å². The lowest BCUT2D eigenvalue weighted by Crippen LogP contribution is -2.00. The molecule has 0 unspecified atom stereocenters. The Hall–Kier alpha value is -3.10. The van der Waals surface area contributed by atoms with E-state index in [1.807, 2.05) is 48.5 Å². The van der Waals surface area contributed by atoms with E-state index in [0.717, 1.165) is 58.1 Å². The van der Waals surface area contributed by atoms with Crippen LogP contribution < -0.4 is 20.6 Å². The molecule has 32 heavy (non-hydrogen) atoms. The molecule has 0 saturated heterocycles. The maximum absolute atomic E-state index is 11.3. The Morgan fingerprint density at radius 3 is 1.50 bits per heavy atom. The van der Waals surface area contributed by atoms with Crippen molar-refractivity contribution in [1.29, 1.82) is 0 Å². The molecule has 6 nitrogen and oxygen atoms in total. The third-order valence-corrected chi connectivity index (χ3v) is 6.61. The average Bonchev–Trinajstić information content (AvgIpc) is 3.44. The lowest BCUT2D eigenvalue weighted by Gasteiger charge is -2.09. The second-order valence-electron chi connectivity index (χ2n) is 7.32. The monoisotopic (exact) mass is 468 g/mol. The molecule has 0 saturated carbocycles. The Labute approximate surface area is 193 Å². The van der Waals surface area contributed by atoms with E-state index < -0.39 is 0 Å². The van der Waals surface area contributed by atoms with Crippen LogP contribution in [0, 0.1) is 0 Å². The van der Waals surface area contributed by atoms with Crippen molar-refractivity contribution in [3.05, 3.63) is 81.4 Å². The zero-order valence-corrected chi connectivity index (χ0v) is 19.1. The standard InChI is InChI=1S/C24H24N2O4S2/c27-23-15-21(31-25-23)17-7-5-9-19(13-17)29-11-3-1-2-4-12-30-20-10-6-8-18(14-20)22-16-24(28)26-32-22/h5-10,13-16H,1-4,11-12H2,(H,25,27)(H,26,28). The number of hydrogen-bond acceptors (Lipinski definition) is 6. The van der Waals surface area contributed by atoms with Gasteiger partial charge in [0.15, 0.2) is 0 Å². The summed E-state index contributed by atoms with van der Waals surface area (Å²) in [4.78, 5) is 24.5. The van der Waals surface area contributed by atoms with E-state index in [1.165, 1.54) is 23.1 Å². The Morgan fingerprint density at radius 2 is 1.09 bits per heavy atom. The molecule has 0 bridgehead atoms. The summed E-state index contributed by atoms with van der Waals surface area (Å²) in [5, 5.41) is 0. The molecule has 2 aromatic heterocycles. The summed E-state index contributed by atoms with van der Waals surface area (Å²) in [6.07, 6.45) is 4.09. The predicted octanol–water partition coefficient (Wildman–Crippen LogP) is 5.54. The van der Waals surface area contributed by atoms with Crippen molar-refractivity contribution in [3.8, 4) is 32.4 Å². The molecular weight excluding hydrogens is 444 g/mol. The highest BCUT2D eigenvalue weighted by atomic mass is 32.1. The smallest absolute Gasteiger partial charge is 0.258 e. The Balaban J connectivity index is 1.13. The van der Waals surface area contributed by atoms with E-state index in [0.29, 0.717) is 13.2 Å². The van der Waals surface area contributed by atoms with E-state index in [4.69, 9.17) is 9.47 Å². The number of aromatic nitrogens is 2. The number of hydrogen-bond donors (Lipinski definition) is 2. The van der Waals surface area contributed by atoms with Gasteiger partial charge in [0.2, 0.25) is 0 Å².